The molecule has 0 bridgehead atoms. The number of nitrogen functional groups attached to an aromatic ring is 1. The lowest BCUT2D eigenvalue weighted by Crippen LogP contribution is -2.09. The van der Waals surface area contributed by atoms with E-state index in [1.165, 1.54) is 6.33 Å². The summed E-state index contributed by atoms with van der Waals surface area (Å²) in [4.78, 5) is 7.77. The van der Waals surface area contributed by atoms with Crippen LogP contribution < -0.4 is 11.1 Å². The molecule has 0 fully saturated rings. The second kappa shape index (κ2) is 5.39. The lowest BCUT2D eigenvalue weighted by molar-refractivity contribution is 0.183. The van der Waals surface area contributed by atoms with Crippen molar-refractivity contribution < 1.29 is 5.11 Å². The minimum Gasteiger partial charge on any atom is -0.394 e. The number of nitrogens with one attached hydrogen (secondary N) is 1. The van der Waals surface area contributed by atoms with Crippen LogP contribution in [0.5, 0.6) is 0 Å². The third-order valence-corrected chi connectivity index (χ3v) is 1.83. The molecule has 0 saturated carbocycles. The highest BCUT2D eigenvalue weighted by molar-refractivity contribution is 5.58. The van der Waals surface area contributed by atoms with Crippen LogP contribution in [0.25, 0.3) is 0 Å². The van der Waals surface area contributed by atoms with Crippen LogP contribution >= 0.6 is 0 Å². The van der Waals surface area contributed by atoms with Gasteiger partial charge >= 0.3 is 0 Å². The van der Waals surface area contributed by atoms with E-state index in [0.29, 0.717) is 11.5 Å². The number of aliphatic hydroxyl groups excluding tert-OH is 1. The Kier molecular flexibility index (Phi) is 4.12. The summed E-state index contributed by atoms with van der Waals surface area (Å²) in [5.74, 6) is 0.658. The molecule has 0 aliphatic rings. The molecule has 1 unspecified atom stereocenters. The molecule has 78 valence electrons. The van der Waals surface area contributed by atoms with Crippen LogP contribution in [-0.2, 0) is 0 Å². The highest BCUT2D eigenvalue weighted by atomic mass is 16.3. The molecule has 5 nitrogen and oxygen atoms in total. The van der Waals surface area contributed by atoms with Gasteiger partial charge in [-0.25, -0.2) is 9.97 Å². The first-order chi connectivity index (χ1) is 6.70. The summed E-state index contributed by atoms with van der Waals surface area (Å²) in [6, 6.07) is 0. The molecule has 5 heteroatoms. The van der Waals surface area contributed by atoms with Crippen molar-refractivity contribution in [2.75, 3.05) is 17.6 Å². The number of anilines is 2. The summed E-state index contributed by atoms with van der Waals surface area (Å²) in [7, 11) is 0. The molecule has 0 aliphatic carbocycles. The van der Waals surface area contributed by atoms with Crippen LogP contribution in [-0.4, -0.2) is 27.7 Å². The Balaban J connectivity index is 2.28. The van der Waals surface area contributed by atoms with Gasteiger partial charge in [-0.2, -0.15) is 0 Å². The Morgan fingerprint density at radius 3 is 3.07 bits per heavy atom. The standard InChI is InChI=1S/C9H16N4O/c1-7(14)3-2-4-12-9-8(10)5-11-6-13-9/h5-7,14H,2-4,10H2,1H3,(H,11,12,13). The zero-order chi connectivity index (χ0) is 10.4. The van der Waals surface area contributed by atoms with Crippen molar-refractivity contribution in [3.63, 3.8) is 0 Å². The number of aromatic nitrogens is 2. The fraction of sp³-hybridized carbons (Fsp3) is 0.556. The Labute approximate surface area is 83.4 Å². The maximum atomic E-state index is 9.03. The van der Waals surface area contributed by atoms with Gasteiger partial charge in [0.25, 0.3) is 0 Å². The maximum absolute atomic E-state index is 9.03. The quantitative estimate of drug-likeness (QED) is 0.601. The van der Waals surface area contributed by atoms with Gasteiger partial charge in [-0.1, -0.05) is 0 Å². The second-order valence-corrected chi connectivity index (χ2v) is 3.24. The zero-order valence-corrected chi connectivity index (χ0v) is 8.27. The molecule has 1 aromatic heterocycles. The van der Waals surface area contributed by atoms with Gasteiger partial charge in [0, 0.05) is 6.54 Å². The fourth-order valence-electron chi connectivity index (χ4n) is 1.09. The SMILES string of the molecule is CC(O)CCCNc1ncncc1N. The molecule has 0 amide bonds. The fourth-order valence-corrected chi connectivity index (χ4v) is 1.09. The van der Waals surface area contributed by atoms with Gasteiger partial charge in [0.15, 0.2) is 5.82 Å². The first kappa shape index (κ1) is 10.7. The number of nitrogens with zero attached hydrogens (tertiary/aromatic N) is 2. The lowest BCUT2D eigenvalue weighted by Gasteiger charge is -2.07. The van der Waals surface area contributed by atoms with E-state index >= 15 is 0 Å². The first-order valence-corrected chi connectivity index (χ1v) is 4.67. The van der Waals surface area contributed by atoms with Crippen molar-refractivity contribution >= 4 is 11.5 Å². The third-order valence-electron chi connectivity index (χ3n) is 1.83. The summed E-state index contributed by atoms with van der Waals surface area (Å²) in [6.07, 6.45) is 4.43. The summed E-state index contributed by atoms with van der Waals surface area (Å²) < 4.78 is 0. The Morgan fingerprint density at radius 2 is 2.43 bits per heavy atom. The molecule has 1 heterocycles. The van der Waals surface area contributed by atoms with Crippen LogP contribution in [0.2, 0.25) is 0 Å². The number of aliphatic hydroxyl groups is 1. The van der Waals surface area contributed by atoms with Gasteiger partial charge in [-0.3, -0.25) is 0 Å². The van der Waals surface area contributed by atoms with E-state index < -0.39 is 0 Å². The average molecular weight is 196 g/mol. The van der Waals surface area contributed by atoms with Gasteiger partial charge in [-0.05, 0) is 19.8 Å². The van der Waals surface area contributed by atoms with Crippen molar-refractivity contribution in [2.24, 2.45) is 0 Å². The van der Waals surface area contributed by atoms with E-state index in [4.69, 9.17) is 10.8 Å². The van der Waals surface area contributed by atoms with Crippen LogP contribution in [0.15, 0.2) is 12.5 Å². The number of rotatable bonds is 5. The molecule has 0 radical (unpaired) electrons. The smallest absolute Gasteiger partial charge is 0.152 e. The Morgan fingerprint density at radius 1 is 1.64 bits per heavy atom. The summed E-state index contributed by atoms with van der Waals surface area (Å²) >= 11 is 0. The topological polar surface area (TPSA) is 84.1 Å². The van der Waals surface area contributed by atoms with Gasteiger partial charge in [0.05, 0.1) is 18.0 Å². The van der Waals surface area contributed by atoms with Crippen molar-refractivity contribution in [1.82, 2.24) is 9.97 Å². The molecule has 14 heavy (non-hydrogen) atoms. The van der Waals surface area contributed by atoms with Crippen LogP contribution in [0.4, 0.5) is 11.5 Å². The van der Waals surface area contributed by atoms with Gasteiger partial charge in [0.1, 0.15) is 6.33 Å². The maximum Gasteiger partial charge on any atom is 0.152 e. The Hall–Kier alpha value is -1.36. The lowest BCUT2D eigenvalue weighted by atomic mass is 10.2. The van der Waals surface area contributed by atoms with E-state index in [1.54, 1.807) is 13.1 Å². The van der Waals surface area contributed by atoms with Crippen molar-refractivity contribution in [2.45, 2.75) is 25.9 Å². The second-order valence-electron chi connectivity index (χ2n) is 3.24. The molecule has 0 spiro atoms. The molecule has 1 rings (SSSR count). The molecule has 0 aromatic carbocycles. The summed E-state index contributed by atoms with van der Waals surface area (Å²) in [6.45, 7) is 2.53. The highest BCUT2D eigenvalue weighted by Crippen LogP contribution is 2.11. The van der Waals surface area contributed by atoms with E-state index in [1.807, 2.05) is 0 Å². The molecule has 4 N–H and O–H groups in total. The molecule has 0 saturated heterocycles. The van der Waals surface area contributed by atoms with Crippen molar-refractivity contribution in [3.8, 4) is 0 Å². The average Bonchev–Trinajstić information content (AvgIpc) is 2.15. The largest absolute Gasteiger partial charge is 0.394 e. The molecule has 0 aliphatic heterocycles. The van der Waals surface area contributed by atoms with Gasteiger partial charge < -0.3 is 16.2 Å². The minimum absolute atomic E-state index is 0.250. The third kappa shape index (κ3) is 3.57. The van der Waals surface area contributed by atoms with Crippen LogP contribution in [0.1, 0.15) is 19.8 Å². The van der Waals surface area contributed by atoms with Crippen LogP contribution in [0, 0.1) is 0 Å². The van der Waals surface area contributed by atoms with Crippen molar-refractivity contribution in [1.29, 1.82) is 0 Å². The normalized spacial score (nSPS) is 12.4. The first-order valence-electron chi connectivity index (χ1n) is 4.67. The summed E-state index contributed by atoms with van der Waals surface area (Å²) in [5, 5.41) is 12.1. The van der Waals surface area contributed by atoms with E-state index in [-0.39, 0.29) is 6.10 Å². The van der Waals surface area contributed by atoms with Crippen molar-refractivity contribution in [3.05, 3.63) is 12.5 Å². The molecule has 1 atom stereocenters. The summed E-state index contributed by atoms with van der Waals surface area (Å²) in [5.41, 5.74) is 6.17. The monoisotopic (exact) mass is 196 g/mol. The number of nitrogens with two attached hydrogens (primary N) is 1. The van der Waals surface area contributed by atoms with Gasteiger partial charge in [0.2, 0.25) is 0 Å². The molecular weight excluding hydrogens is 180 g/mol. The predicted octanol–water partition coefficient (Wildman–Crippen LogP) is 0.632. The Bertz CT molecular complexity index is 277. The van der Waals surface area contributed by atoms with E-state index in [9.17, 15) is 0 Å². The number of hydrogen-bond donors (Lipinski definition) is 3. The highest BCUT2D eigenvalue weighted by Gasteiger charge is 1.99. The van der Waals surface area contributed by atoms with Crippen LogP contribution in [0.3, 0.4) is 0 Å². The van der Waals surface area contributed by atoms with E-state index in [2.05, 4.69) is 15.3 Å². The minimum atomic E-state index is -0.250. The zero-order valence-electron chi connectivity index (χ0n) is 8.27. The number of hydrogen-bond acceptors (Lipinski definition) is 5. The predicted molar refractivity (Wildman–Crippen MR) is 55.8 cm³/mol. The molecular formula is C9H16N4O. The van der Waals surface area contributed by atoms with Gasteiger partial charge in [-0.15, -0.1) is 0 Å². The molecule has 1 aromatic rings. The van der Waals surface area contributed by atoms with E-state index in [0.717, 1.165) is 19.4 Å².